The number of imidazole rings is 1. The summed E-state index contributed by atoms with van der Waals surface area (Å²) in [5.74, 6) is 0. The van der Waals surface area contributed by atoms with Crippen molar-refractivity contribution in [1.29, 1.82) is 0 Å². The second kappa shape index (κ2) is 4.94. The lowest BCUT2D eigenvalue weighted by Gasteiger charge is -2.29. The van der Waals surface area contributed by atoms with Crippen LogP contribution in [0.15, 0.2) is 18.2 Å². The molecule has 3 rings (SSSR count). The molecule has 1 aromatic carbocycles. The van der Waals surface area contributed by atoms with Gasteiger partial charge in [0, 0.05) is 3.57 Å². The molecule has 96 valence electrons. The van der Waals surface area contributed by atoms with Crippen molar-refractivity contribution in [3.8, 4) is 0 Å². The van der Waals surface area contributed by atoms with E-state index < -0.39 is 0 Å². The fraction of sp³-hybridized carbons (Fsp3) is 0.462. The van der Waals surface area contributed by atoms with E-state index in [2.05, 4.69) is 50.3 Å². The summed E-state index contributed by atoms with van der Waals surface area (Å²) in [6.07, 6.45) is 3.90. The molecule has 0 aliphatic heterocycles. The Labute approximate surface area is 124 Å². The van der Waals surface area contributed by atoms with Gasteiger partial charge < -0.3 is 14.7 Å². The Morgan fingerprint density at radius 2 is 2.11 bits per heavy atom. The van der Waals surface area contributed by atoms with Crippen molar-refractivity contribution in [3.05, 3.63) is 26.5 Å². The van der Waals surface area contributed by atoms with Crippen LogP contribution in [-0.4, -0.2) is 20.8 Å². The van der Waals surface area contributed by atoms with Crippen molar-refractivity contribution in [1.82, 2.24) is 9.55 Å². The molecule has 5 heteroatoms. The fourth-order valence-corrected chi connectivity index (χ4v) is 3.66. The largest absolute Gasteiger partial charge is 0.391 e. The quantitative estimate of drug-likeness (QED) is 0.589. The molecule has 1 aromatic heterocycles. The summed E-state index contributed by atoms with van der Waals surface area (Å²) in [6, 6.07) is 6.39. The summed E-state index contributed by atoms with van der Waals surface area (Å²) in [6.45, 7) is 0. The first-order valence-corrected chi connectivity index (χ1v) is 7.73. The molecule has 2 atom stereocenters. The van der Waals surface area contributed by atoms with Crippen LogP contribution < -0.4 is 0 Å². The zero-order valence-electron chi connectivity index (χ0n) is 9.90. The highest BCUT2D eigenvalue weighted by atomic mass is 127. The van der Waals surface area contributed by atoms with Crippen molar-refractivity contribution in [3.63, 3.8) is 0 Å². The van der Waals surface area contributed by atoms with Crippen molar-refractivity contribution >= 4 is 45.8 Å². The molecule has 1 heterocycles. The van der Waals surface area contributed by atoms with Crippen LogP contribution >= 0.6 is 34.8 Å². The van der Waals surface area contributed by atoms with Gasteiger partial charge in [-0.3, -0.25) is 0 Å². The number of aliphatic hydroxyl groups excluding tert-OH is 1. The topological polar surface area (TPSA) is 41.0 Å². The van der Waals surface area contributed by atoms with Gasteiger partial charge in [0.25, 0.3) is 0 Å². The lowest BCUT2D eigenvalue weighted by molar-refractivity contribution is 0.0767. The number of halogens is 1. The van der Waals surface area contributed by atoms with Crippen molar-refractivity contribution in [2.75, 3.05) is 0 Å². The first kappa shape index (κ1) is 12.6. The van der Waals surface area contributed by atoms with Crippen molar-refractivity contribution in [2.24, 2.45) is 0 Å². The Morgan fingerprint density at radius 1 is 1.33 bits per heavy atom. The van der Waals surface area contributed by atoms with Gasteiger partial charge in [-0.2, -0.15) is 0 Å². The highest BCUT2D eigenvalue weighted by Crippen LogP contribution is 2.32. The summed E-state index contributed by atoms with van der Waals surface area (Å²) in [5, 5.41) is 10.2. The number of aromatic nitrogens is 2. The van der Waals surface area contributed by atoms with Gasteiger partial charge in [-0.05, 0) is 65.8 Å². The lowest BCUT2D eigenvalue weighted by Crippen LogP contribution is -2.27. The van der Waals surface area contributed by atoms with Crippen molar-refractivity contribution in [2.45, 2.75) is 37.8 Å². The summed E-state index contributed by atoms with van der Waals surface area (Å²) in [4.78, 5) is 3.25. The molecule has 0 saturated heterocycles. The molecule has 0 spiro atoms. The molecule has 1 saturated carbocycles. The van der Waals surface area contributed by atoms with E-state index in [9.17, 15) is 5.11 Å². The first-order chi connectivity index (χ1) is 8.66. The number of benzene rings is 1. The molecular weight excluding hydrogens is 359 g/mol. The van der Waals surface area contributed by atoms with Gasteiger partial charge in [0.15, 0.2) is 4.77 Å². The predicted octanol–water partition coefficient (Wildman–Crippen LogP) is 3.78. The first-order valence-electron chi connectivity index (χ1n) is 6.24. The van der Waals surface area contributed by atoms with Crippen LogP contribution in [0.4, 0.5) is 0 Å². The molecule has 1 aliphatic rings. The Bertz CT molecular complexity index is 633. The molecule has 1 fully saturated rings. The van der Waals surface area contributed by atoms with Crippen molar-refractivity contribution < 1.29 is 5.11 Å². The maximum absolute atomic E-state index is 10.2. The summed E-state index contributed by atoms with van der Waals surface area (Å²) >= 11 is 7.72. The molecule has 1 aliphatic carbocycles. The number of rotatable bonds is 1. The van der Waals surface area contributed by atoms with Gasteiger partial charge in [-0.1, -0.05) is 12.8 Å². The third-order valence-electron chi connectivity index (χ3n) is 3.70. The average molecular weight is 374 g/mol. The summed E-state index contributed by atoms with van der Waals surface area (Å²) in [7, 11) is 0. The number of aromatic amines is 1. The molecule has 2 unspecified atom stereocenters. The maximum atomic E-state index is 10.2. The Balaban J connectivity index is 2.16. The van der Waals surface area contributed by atoms with Gasteiger partial charge in [0.05, 0.1) is 23.2 Å². The van der Waals surface area contributed by atoms with E-state index >= 15 is 0 Å². The highest BCUT2D eigenvalue weighted by Gasteiger charge is 2.26. The number of nitrogens with one attached hydrogen (secondary N) is 1. The van der Waals surface area contributed by atoms with E-state index in [1.165, 1.54) is 9.99 Å². The van der Waals surface area contributed by atoms with Crippen LogP contribution in [0.25, 0.3) is 11.0 Å². The van der Waals surface area contributed by atoms with Gasteiger partial charge in [-0.15, -0.1) is 0 Å². The standard InChI is InChI=1S/C13H15IN2OS/c14-8-5-6-10-9(7-8)15-13(18)16(10)11-3-1-2-4-12(11)17/h5-7,11-12,17H,1-4H2,(H,15,18). The number of fused-ring (bicyclic) bond motifs is 1. The second-order valence-electron chi connectivity index (χ2n) is 4.88. The lowest BCUT2D eigenvalue weighted by atomic mass is 9.92. The van der Waals surface area contributed by atoms with Gasteiger partial charge in [-0.25, -0.2) is 0 Å². The van der Waals surface area contributed by atoms with E-state index in [0.717, 1.165) is 35.1 Å². The average Bonchev–Trinajstić information content (AvgIpc) is 2.65. The van der Waals surface area contributed by atoms with Crippen LogP contribution in [0, 0.1) is 8.34 Å². The van der Waals surface area contributed by atoms with E-state index in [1.54, 1.807) is 0 Å². The summed E-state index contributed by atoms with van der Waals surface area (Å²) in [5.41, 5.74) is 2.16. The van der Waals surface area contributed by atoms with Crippen LogP contribution in [-0.2, 0) is 0 Å². The number of H-pyrrole nitrogens is 1. The van der Waals surface area contributed by atoms with Gasteiger partial charge >= 0.3 is 0 Å². The zero-order valence-corrected chi connectivity index (χ0v) is 12.9. The number of aliphatic hydroxyl groups is 1. The van der Waals surface area contributed by atoms with Crippen LogP contribution in [0.3, 0.4) is 0 Å². The Kier molecular flexibility index (Phi) is 3.46. The summed E-state index contributed by atoms with van der Waals surface area (Å²) < 4.78 is 4.01. The van der Waals surface area contributed by atoms with E-state index in [0.29, 0.717) is 0 Å². The molecule has 0 bridgehead atoms. The Morgan fingerprint density at radius 3 is 2.89 bits per heavy atom. The minimum atomic E-state index is -0.274. The SMILES string of the molecule is OC1CCCCC1n1c(=S)[nH]c2cc(I)ccc21. The van der Waals surface area contributed by atoms with Gasteiger partial charge in [0.2, 0.25) is 0 Å². The monoisotopic (exact) mass is 374 g/mol. The minimum Gasteiger partial charge on any atom is -0.391 e. The molecule has 0 amide bonds. The Hall–Kier alpha value is -0.400. The molecular formula is C13H15IN2OS. The van der Waals surface area contributed by atoms with Crippen LogP contribution in [0.2, 0.25) is 0 Å². The fourth-order valence-electron chi connectivity index (χ4n) is 2.83. The van der Waals surface area contributed by atoms with Crippen LogP contribution in [0.5, 0.6) is 0 Å². The number of hydrogen-bond donors (Lipinski definition) is 2. The van der Waals surface area contributed by atoms with Crippen LogP contribution in [0.1, 0.15) is 31.7 Å². The number of nitrogens with zero attached hydrogens (tertiary/aromatic N) is 1. The molecule has 2 aromatic rings. The molecule has 0 radical (unpaired) electrons. The molecule has 18 heavy (non-hydrogen) atoms. The normalized spacial score (nSPS) is 24.6. The zero-order chi connectivity index (χ0) is 12.7. The molecule has 3 nitrogen and oxygen atoms in total. The minimum absolute atomic E-state index is 0.125. The maximum Gasteiger partial charge on any atom is 0.178 e. The third kappa shape index (κ3) is 2.12. The predicted molar refractivity (Wildman–Crippen MR) is 83.4 cm³/mol. The third-order valence-corrected chi connectivity index (χ3v) is 4.67. The van der Waals surface area contributed by atoms with Gasteiger partial charge in [0.1, 0.15) is 0 Å². The second-order valence-corrected chi connectivity index (χ2v) is 6.51. The van der Waals surface area contributed by atoms with E-state index in [-0.39, 0.29) is 12.1 Å². The smallest absolute Gasteiger partial charge is 0.178 e. The van der Waals surface area contributed by atoms with E-state index in [4.69, 9.17) is 12.2 Å². The number of hydrogen-bond acceptors (Lipinski definition) is 2. The molecule has 2 N–H and O–H groups in total. The highest BCUT2D eigenvalue weighted by molar-refractivity contribution is 14.1. The van der Waals surface area contributed by atoms with E-state index in [1.807, 2.05) is 0 Å².